The summed E-state index contributed by atoms with van der Waals surface area (Å²) in [5, 5.41) is 13.0. The number of ether oxygens (including phenoxy) is 1. The Bertz CT molecular complexity index is 419. The van der Waals surface area contributed by atoms with Gasteiger partial charge in [-0.05, 0) is 12.1 Å². The van der Waals surface area contributed by atoms with E-state index in [4.69, 9.17) is 14.7 Å². The third-order valence-corrected chi connectivity index (χ3v) is 2.70. The minimum Gasteiger partial charge on any atom is -0.490 e. The SMILES string of the molecule is OCC1ON=C2c3ncccc3OCC21. The van der Waals surface area contributed by atoms with E-state index in [9.17, 15) is 0 Å². The lowest BCUT2D eigenvalue weighted by Gasteiger charge is -2.23. The number of hydrogen-bond acceptors (Lipinski definition) is 5. The van der Waals surface area contributed by atoms with Crippen LogP contribution in [0.15, 0.2) is 23.5 Å². The number of rotatable bonds is 1. The summed E-state index contributed by atoms with van der Waals surface area (Å²) in [5.74, 6) is 0.729. The van der Waals surface area contributed by atoms with Gasteiger partial charge in [0, 0.05) is 6.20 Å². The van der Waals surface area contributed by atoms with E-state index in [2.05, 4.69) is 10.1 Å². The van der Waals surface area contributed by atoms with Crippen LogP contribution in [0.25, 0.3) is 0 Å². The number of aromatic nitrogens is 1. The molecule has 5 heteroatoms. The molecule has 0 aliphatic carbocycles. The summed E-state index contributed by atoms with van der Waals surface area (Å²) in [5.41, 5.74) is 1.51. The Balaban J connectivity index is 2.02. The summed E-state index contributed by atoms with van der Waals surface area (Å²) in [4.78, 5) is 9.34. The Morgan fingerprint density at radius 3 is 3.33 bits per heavy atom. The van der Waals surface area contributed by atoms with E-state index in [1.165, 1.54) is 0 Å². The van der Waals surface area contributed by atoms with E-state index in [1.807, 2.05) is 12.1 Å². The Morgan fingerprint density at radius 1 is 1.53 bits per heavy atom. The fourth-order valence-electron chi connectivity index (χ4n) is 1.89. The van der Waals surface area contributed by atoms with Gasteiger partial charge in [0.25, 0.3) is 0 Å². The van der Waals surface area contributed by atoms with Crippen LogP contribution in [0, 0.1) is 5.92 Å². The lowest BCUT2D eigenvalue weighted by molar-refractivity contribution is 0.00842. The van der Waals surface area contributed by atoms with Crippen molar-refractivity contribution in [1.82, 2.24) is 4.98 Å². The van der Waals surface area contributed by atoms with Gasteiger partial charge in [-0.3, -0.25) is 4.98 Å². The minimum atomic E-state index is -0.296. The van der Waals surface area contributed by atoms with Crippen molar-refractivity contribution in [3.8, 4) is 5.75 Å². The topological polar surface area (TPSA) is 63.9 Å². The maximum Gasteiger partial charge on any atom is 0.162 e. The molecular formula is C10H10N2O3. The van der Waals surface area contributed by atoms with E-state index in [-0.39, 0.29) is 18.6 Å². The molecule has 15 heavy (non-hydrogen) atoms. The second-order valence-electron chi connectivity index (χ2n) is 3.57. The fourth-order valence-corrected chi connectivity index (χ4v) is 1.89. The van der Waals surface area contributed by atoms with E-state index in [0.29, 0.717) is 6.61 Å². The lowest BCUT2D eigenvalue weighted by atomic mass is 9.94. The van der Waals surface area contributed by atoms with Crippen LogP contribution in [-0.2, 0) is 4.84 Å². The maximum absolute atomic E-state index is 9.08. The van der Waals surface area contributed by atoms with Crippen molar-refractivity contribution >= 4 is 5.71 Å². The van der Waals surface area contributed by atoms with Crippen molar-refractivity contribution < 1.29 is 14.7 Å². The van der Waals surface area contributed by atoms with Gasteiger partial charge in [0.1, 0.15) is 23.8 Å². The quantitative estimate of drug-likeness (QED) is 0.712. The number of nitrogens with zero attached hydrogens (tertiary/aromatic N) is 2. The highest BCUT2D eigenvalue weighted by atomic mass is 16.7. The molecule has 1 N–H and O–H groups in total. The van der Waals surface area contributed by atoms with E-state index in [1.54, 1.807) is 6.20 Å². The van der Waals surface area contributed by atoms with Crippen molar-refractivity contribution in [1.29, 1.82) is 0 Å². The van der Waals surface area contributed by atoms with Gasteiger partial charge in [-0.15, -0.1) is 0 Å². The highest BCUT2D eigenvalue weighted by Crippen LogP contribution is 2.31. The zero-order valence-electron chi connectivity index (χ0n) is 7.96. The predicted molar refractivity (Wildman–Crippen MR) is 51.7 cm³/mol. The Hall–Kier alpha value is -1.62. The first-order valence-corrected chi connectivity index (χ1v) is 4.83. The molecule has 0 fully saturated rings. The number of oxime groups is 1. The molecule has 0 saturated heterocycles. The highest BCUT2D eigenvalue weighted by molar-refractivity contribution is 6.04. The van der Waals surface area contributed by atoms with E-state index < -0.39 is 0 Å². The zero-order valence-corrected chi connectivity index (χ0v) is 7.96. The van der Waals surface area contributed by atoms with E-state index in [0.717, 1.165) is 17.2 Å². The third-order valence-electron chi connectivity index (χ3n) is 2.70. The maximum atomic E-state index is 9.08. The van der Waals surface area contributed by atoms with Crippen LogP contribution >= 0.6 is 0 Å². The smallest absolute Gasteiger partial charge is 0.162 e. The molecule has 0 amide bonds. The standard InChI is InChI=1S/C10H10N2O3/c13-4-8-6-5-14-7-2-1-3-11-10(7)9(6)12-15-8/h1-3,6,8,13H,4-5H2. The number of aliphatic hydroxyl groups excluding tert-OH is 1. The number of pyridine rings is 1. The molecule has 2 aliphatic heterocycles. The number of aliphatic hydroxyl groups is 1. The molecule has 3 rings (SSSR count). The van der Waals surface area contributed by atoms with Gasteiger partial charge in [0.2, 0.25) is 0 Å². The van der Waals surface area contributed by atoms with Crippen LogP contribution in [-0.4, -0.2) is 35.1 Å². The summed E-state index contributed by atoms with van der Waals surface area (Å²) in [6.07, 6.45) is 1.40. The molecule has 0 radical (unpaired) electrons. The molecule has 1 aromatic heterocycles. The summed E-state index contributed by atoms with van der Waals surface area (Å²) >= 11 is 0. The molecule has 0 aromatic carbocycles. The van der Waals surface area contributed by atoms with Gasteiger partial charge in [-0.1, -0.05) is 5.16 Å². The molecule has 2 atom stereocenters. The van der Waals surface area contributed by atoms with E-state index >= 15 is 0 Å². The molecule has 0 saturated carbocycles. The first kappa shape index (κ1) is 8.67. The summed E-state index contributed by atoms with van der Waals surface area (Å²) < 4.78 is 5.54. The van der Waals surface area contributed by atoms with Gasteiger partial charge >= 0.3 is 0 Å². The molecule has 3 heterocycles. The van der Waals surface area contributed by atoms with Crippen LogP contribution in [0.5, 0.6) is 5.75 Å². The summed E-state index contributed by atoms with van der Waals surface area (Å²) in [6.45, 7) is 0.436. The number of fused-ring (bicyclic) bond motifs is 3. The largest absolute Gasteiger partial charge is 0.490 e. The molecular weight excluding hydrogens is 196 g/mol. The van der Waals surface area contributed by atoms with Gasteiger partial charge in [0.05, 0.1) is 12.5 Å². The van der Waals surface area contributed by atoms with Crippen molar-refractivity contribution in [3.05, 3.63) is 24.0 Å². The Morgan fingerprint density at radius 2 is 2.47 bits per heavy atom. The minimum absolute atomic E-state index is 0.00241. The Kier molecular flexibility index (Phi) is 1.85. The van der Waals surface area contributed by atoms with Crippen molar-refractivity contribution in [2.24, 2.45) is 11.1 Å². The van der Waals surface area contributed by atoms with Crippen molar-refractivity contribution in [2.45, 2.75) is 6.10 Å². The number of hydrogen-bond donors (Lipinski definition) is 1. The van der Waals surface area contributed by atoms with Crippen LogP contribution in [0.2, 0.25) is 0 Å². The molecule has 2 aliphatic rings. The average Bonchev–Trinajstić information content (AvgIpc) is 2.72. The van der Waals surface area contributed by atoms with Crippen molar-refractivity contribution in [2.75, 3.05) is 13.2 Å². The predicted octanol–water partition coefficient (Wildman–Crippen LogP) is 0.185. The third kappa shape index (κ3) is 1.20. The zero-order chi connectivity index (χ0) is 10.3. The molecule has 0 spiro atoms. The van der Waals surface area contributed by atoms with Gasteiger partial charge in [-0.2, -0.15) is 0 Å². The van der Waals surface area contributed by atoms with Gasteiger partial charge in [-0.25, -0.2) is 0 Å². The monoisotopic (exact) mass is 206 g/mol. The van der Waals surface area contributed by atoms with Crippen LogP contribution in [0.1, 0.15) is 5.69 Å². The van der Waals surface area contributed by atoms with Crippen molar-refractivity contribution in [3.63, 3.8) is 0 Å². The second kappa shape index (κ2) is 3.20. The van der Waals surface area contributed by atoms with Crippen LogP contribution in [0.3, 0.4) is 0 Å². The highest BCUT2D eigenvalue weighted by Gasteiger charge is 2.40. The lowest BCUT2D eigenvalue weighted by Crippen LogP contribution is -2.35. The fraction of sp³-hybridized carbons (Fsp3) is 0.400. The molecule has 78 valence electrons. The molecule has 5 nitrogen and oxygen atoms in total. The van der Waals surface area contributed by atoms with Crippen LogP contribution < -0.4 is 4.74 Å². The molecule has 0 bridgehead atoms. The second-order valence-corrected chi connectivity index (χ2v) is 3.57. The van der Waals surface area contributed by atoms with Gasteiger partial charge in [0.15, 0.2) is 6.10 Å². The van der Waals surface area contributed by atoms with Crippen LogP contribution in [0.4, 0.5) is 0 Å². The van der Waals surface area contributed by atoms with Gasteiger partial charge < -0.3 is 14.7 Å². The molecule has 2 unspecified atom stereocenters. The Labute approximate surface area is 86.3 Å². The summed E-state index contributed by atoms with van der Waals surface area (Å²) in [6, 6.07) is 3.67. The first-order valence-electron chi connectivity index (χ1n) is 4.83. The first-order chi connectivity index (χ1) is 7.40. The average molecular weight is 206 g/mol. The summed E-state index contributed by atoms with van der Waals surface area (Å²) in [7, 11) is 0. The normalized spacial score (nSPS) is 27.1. The molecule has 1 aromatic rings.